The van der Waals surface area contributed by atoms with Gasteiger partial charge < -0.3 is 9.84 Å². The van der Waals surface area contributed by atoms with Crippen molar-refractivity contribution < 1.29 is 14.6 Å². The van der Waals surface area contributed by atoms with E-state index in [-0.39, 0.29) is 29.5 Å². The third-order valence-corrected chi connectivity index (χ3v) is 5.65. The van der Waals surface area contributed by atoms with Gasteiger partial charge in [0.05, 0.1) is 12.0 Å². The molecular formula is C15H22O3. The van der Waals surface area contributed by atoms with Crippen molar-refractivity contribution in [3.63, 3.8) is 0 Å². The van der Waals surface area contributed by atoms with Crippen LogP contribution in [-0.4, -0.2) is 23.3 Å². The number of carbonyl (C=O) groups excluding carboxylic acids is 1. The third kappa shape index (κ3) is 1.56. The molecule has 0 aromatic heterocycles. The standard InChI is InChI=1S/C15H22O3/c1-8-4-11(16)5-10-6-13-12(7-15(8,10)3)9(2)14(17)18-13/h5,8-9,11-13,16H,4,6-7H2,1-3H3/t8-,9-,11-,12+,13+,15+/m0/s1. The van der Waals surface area contributed by atoms with Crippen LogP contribution in [0, 0.1) is 23.2 Å². The van der Waals surface area contributed by atoms with Crippen LogP contribution in [-0.2, 0) is 9.53 Å². The van der Waals surface area contributed by atoms with Crippen molar-refractivity contribution in [2.24, 2.45) is 23.2 Å². The Labute approximate surface area is 108 Å². The number of esters is 1. The van der Waals surface area contributed by atoms with Gasteiger partial charge in [-0.15, -0.1) is 0 Å². The maximum Gasteiger partial charge on any atom is 0.309 e. The molecule has 1 saturated carbocycles. The smallest absolute Gasteiger partial charge is 0.309 e. The quantitative estimate of drug-likeness (QED) is 0.530. The van der Waals surface area contributed by atoms with Crippen molar-refractivity contribution in [1.29, 1.82) is 0 Å². The fourth-order valence-corrected chi connectivity index (χ4v) is 4.11. The summed E-state index contributed by atoms with van der Waals surface area (Å²) in [6, 6.07) is 0. The van der Waals surface area contributed by atoms with Gasteiger partial charge in [0.2, 0.25) is 0 Å². The summed E-state index contributed by atoms with van der Waals surface area (Å²) in [5.74, 6) is 0.821. The number of aliphatic hydroxyl groups is 1. The normalized spacial score (nSPS) is 51.2. The summed E-state index contributed by atoms with van der Waals surface area (Å²) in [6.07, 6.45) is 4.40. The number of hydrogen-bond donors (Lipinski definition) is 1. The number of fused-ring (bicyclic) bond motifs is 2. The lowest BCUT2D eigenvalue weighted by atomic mass is 9.56. The van der Waals surface area contributed by atoms with E-state index in [1.807, 2.05) is 13.0 Å². The van der Waals surface area contributed by atoms with Gasteiger partial charge >= 0.3 is 5.97 Å². The maximum atomic E-state index is 11.7. The Balaban J connectivity index is 1.95. The molecule has 0 bridgehead atoms. The number of ether oxygens (including phenoxy) is 1. The minimum Gasteiger partial charge on any atom is -0.461 e. The van der Waals surface area contributed by atoms with Gasteiger partial charge in [0.15, 0.2) is 0 Å². The van der Waals surface area contributed by atoms with E-state index in [0.717, 1.165) is 19.3 Å². The molecule has 18 heavy (non-hydrogen) atoms. The number of hydrogen-bond acceptors (Lipinski definition) is 3. The predicted octanol–water partition coefficient (Wildman–Crippen LogP) is 2.29. The number of aliphatic hydroxyl groups excluding tert-OH is 1. The molecule has 0 amide bonds. The molecule has 0 radical (unpaired) electrons. The van der Waals surface area contributed by atoms with Crippen LogP contribution in [0.4, 0.5) is 0 Å². The highest BCUT2D eigenvalue weighted by Gasteiger charge is 2.53. The predicted molar refractivity (Wildman–Crippen MR) is 67.7 cm³/mol. The van der Waals surface area contributed by atoms with Gasteiger partial charge in [-0.25, -0.2) is 0 Å². The minimum absolute atomic E-state index is 0.0347. The second-order valence-electron chi connectivity index (χ2n) is 6.65. The first kappa shape index (κ1) is 12.2. The Morgan fingerprint density at radius 3 is 2.89 bits per heavy atom. The second-order valence-corrected chi connectivity index (χ2v) is 6.65. The Kier molecular flexibility index (Phi) is 2.60. The van der Waals surface area contributed by atoms with E-state index in [1.54, 1.807) is 0 Å². The van der Waals surface area contributed by atoms with E-state index < -0.39 is 0 Å². The Hall–Kier alpha value is -0.830. The van der Waals surface area contributed by atoms with Crippen molar-refractivity contribution in [2.45, 2.75) is 52.2 Å². The summed E-state index contributed by atoms with van der Waals surface area (Å²) in [4.78, 5) is 11.7. The molecule has 3 heteroatoms. The topological polar surface area (TPSA) is 46.5 Å². The lowest BCUT2D eigenvalue weighted by Gasteiger charge is -2.49. The van der Waals surface area contributed by atoms with Crippen molar-refractivity contribution >= 4 is 5.97 Å². The minimum atomic E-state index is -0.325. The highest BCUT2D eigenvalue weighted by atomic mass is 16.6. The van der Waals surface area contributed by atoms with Gasteiger partial charge in [0.1, 0.15) is 6.10 Å². The molecule has 0 aromatic rings. The summed E-state index contributed by atoms with van der Waals surface area (Å²) < 4.78 is 5.48. The molecule has 3 rings (SSSR count). The zero-order valence-corrected chi connectivity index (χ0v) is 11.3. The van der Waals surface area contributed by atoms with Gasteiger partial charge in [0, 0.05) is 12.3 Å². The van der Waals surface area contributed by atoms with Gasteiger partial charge in [-0.3, -0.25) is 4.79 Å². The number of rotatable bonds is 0. The second kappa shape index (κ2) is 3.83. The Morgan fingerprint density at radius 1 is 1.44 bits per heavy atom. The molecule has 100 valence electrons. The van der Waals surface area contributed by atoms with Crippen molar-refractivity contribution in [3.05, 3.63) is 11.6 Å². The molecule has 6 atom stereocenters. The van der Waals surface area contributed by atoms with Crippen LogP contribution in [0.5, 0.6) is 0 Å². The maximum absolute atomic E-state index is 11.7. The van der Waals surface area contributed by atoms with Crippen LogP contribution in [0.25, 0.3) is 0 Å². The van der Waals surface area contributed by atoms with E-state index in [1.165, 1.54) is 5.57 Å². The highest BCUT2D eigenvalue weighted by Crippen LogP contribution is 2.55. The monoisotopic (exact) mass is 250 g/mol. The first-order valence-corrected chi connectivity index (χ1v) is 7.01. The molecule has 2 fully saturated rings. The van der Waals surface area contributed by atoms with Crippen molar-refractivity contribution in [3.8, 4) is 0 Å². The molecular weight excluding hydrogens is 228 g/mol. The fraction of sp³-hybridized carbons (Fsp3) is 0.800. The molecule has 1 heterocycles. The summed E-state index contributed by atoms with van der Waals surface area (Å²) >= 11 is 0. The molecule has 3 nitrogen and oxygen atoms in total. The van der Waals surface area contributed by atoms with Crippen LogP contribution >= 0.6 is 0 Å². The van der Waals surface area contributed by atoms with Gasteiger partial charge in [-0.1, -0.05) is 32.4 Å². The zero-order chi connectivity index (χ0) is 13.1. The first-order chi connectivity index (χ1) is 8.41. The molecule has 1 N–H and O–H groups in total. The SMILES string of the molecule is C[C@@H]1C(=O)O[C@@H]2CC3=C[C@@H](O)C[C@H](C)[C@@]3(C)C[C@H]12. The Bertz CT molecular complexity index is 414. The summed E-state index contributed by atoms with van der Waals surface area (Å²) in [5.41, 5.74) is 1.44. The molecule has 0 spiro atoms. The average Bonchev–Trinajstić information content (AvgIpc) is 2.54. The van der Waals surface area contributed by atoms with Crippen LogP contribution < -0.4 is 0 Å². The number of carbonyl (C=O) groups is 1. The summed E-state index contributed by atoms with van der Waals surface area (Å²) in [5, 5.41) is 9.89. The largest absolute Gasteiger partial charge is 0.461 e. The van der Waals surface area contributed by atoms with E-state index >= 15 is 0 Å². The Morgan fingerprint density at radius 2 is 2.17 bits per heavy atom. The van der Waals surface area contributed by atoms with E-state index in [0.29, 0.717) is 11.8 Å². The van der Waals surface area contributed by atoms with Crippen molar-refractivity contribution in [2.75, 3.05) is 0 Å². The van der Waals surface area contributed by atoms with E-state index in [2.05, 4.69) is 13.8 Å². The third-order valence-electron chi connectivity index (χ3n) is 5.65. The molecule has 1 saturated heterocycles. The molecule has 0 unspecified atom stereocenters. The van der Waals surface area contributed by atoms with Crippen LogP contribution in [0.1, 0.15) is 40.0 Å². The zero-order valence-electron chi connectivity index (χ0n) is 11.3. The molecule has 1 aliphatic heterocycles. The highest BCUT2D eigenvalue weighted by molar-refractivity contribution is 5.75. The van der Waals surface area contributed by atoms with Gasteiger partial charge in [0.25, 0.3) is 0 Å². The summed E-state index contributed by atoms with van der Waals surface area (Å²) in [6.45, 7) is 6.51. The first-order valence-electron chi connectivity index (χ1n) is 7.01. The van der Waals surface area contributed by atoms with Crippen molar-refractivity contribution in [1.82, 2.24) is 0 Å². The van der Waals surface area contributed by atoms with E-state index in [9.17, 15) is 9.90 Å². The fourth-order valence-electron chi connectivity index (χ4n) is 4.11. The molecule has 2 aliphatic carbocycles. The molecule has 0 aromatic carbocycles. The van der Waals surface area contributed by atoms with Gasteiger partial charge in [-0.2, -0.15) is 0 Å². The summed E-state index contributed by atoms with van der Waals surface area (Å²) in [7, 11) is 0. The lowest BCUT2D eigenvalue weighted by molar-refractivity contribution is -0.144. The van der Waals surface area contributed by atoms with Crippen LogP contribution in [0.15, 0.2) is 11.6 Å². The van der Waals surface area contributed by atoms with Gasteiger partial charge in [-0.05, 0) is 24.2 Å². The lowest BCUT2D eigenvalue weighted by Crippen LogP contribution is -2.43. The average molecular weight is 250 g/mol. The van der Waals surface area contributed by atoms with Crippen LogP contribution in [0.3, 0.4) is 0 Å². The van der Waals surface area contributed by atoms with Crippen LogP contribution in [0.2, 0.25) is 0 Å². The molecule has 3 aliphatic rings. The van der Waals surface area contributed by atoms with E-state index in [4.69, 9.17) is 4.74 Å².